The molecule has 0 atom stereocenters. The number of hydrogen-bond acceptors (Lipinski definition) is 4. The molecule has 1 heterocycles. The van der Waals surface area contributed by atoms with Crippen LogP contribution in [0.5, 0.6) is 0 Å². The normalized spacial score (nSPS) is 9.79. The van der Waals surface area contributed by atoms with Gasteiger partial charge in [-0.1, -0.05) is 6.92 Å². The standard InChI is InChI=1S/C9H13N3O2/c1-2-8(13)14-7-6-12-5-3-4-11-9(12)10/h3-5,10H,2,6-7H2,1H3. The predicted molar refractivity (Wildman–Crippen MR) is 49.3 cm³/mol. The molecule has 0 aromatic carbocycles. The predicted octanol–water partition coefficient (Wildman–Crippen LogP) is 0.316. The van der Waals surface area contributed by atoms with Gasteiger partial charge in [0.05, 0.1) is 6.54 Å². The Morgan fingerprint density at radius 3 is 3.14 bits per heavy atom. The Balaban J connectivity index is 2.43. The first-order valence-electron chi connectivity index (χ1n) is 4.45. The van der Waals surface area contributed by atoms with E-state index in [1.54, 1.807) is 30.0 Å². The summed E-state index contributed by atoms with van der Waals surface area (Å²) in [6.07, 6.45) is 3.66. The minimum atomic E-state index is -0.221. The number of ether oxygens (including phenoxy) is 1. The van der Waals surface area contributed by atoms with Crippen LogP contribution in [0.2, 0.25) is 0 Å². The maximum atomic E-state index is 10.8. The fraction of sp³-hybridized carbons (Fsp3) is 0.444. The monoisotopic (exact) mass is 195 g/mol. The Morgan fingerprint density at radius 1 is 1.71 bits per heavy atom. The molecule has 76 valence electrons. The third-order valence-electron chi connectivity index (χ3n) is 1.70. The molecule has 0 fully saturated rings. The van der Waals surface area contributed by atoms with Gasteiger partial charge in [0.2, 0.25) is 5.62 Å². The summed E-state index contributed by atoms with van der Waals surface area (Å²) < 4.78 is 6.49. The second-order valence-corrected chi connectivity index (χ2v) is 2.71. The van der Waals surface area contributed by atoms with E-state index < -0.39 is 0 Å². The minimum Gasteiger partial charge on any atom is -0.464 e. The molecular weight excluding hydrogens is 182 g/mol. The Bertz CT molecular complexity index is 359. The summed E-state index contributed by atoms with van der Waals surface area (Å²) in [7, 11) is 0. The van der Waals surface area contributed by atoms with Crippen molar-refractivity contribution in [3.8, 4) is 0 Å². The topological polar surface area (TPSA) is 68.0 Å². The van der Waals surface area contributed by atoms with E-state index >= 15 is 0 Å². The number of aromatic nitrogens is 2. The zero-order chi connectivity index (χ0) is 10.4. The van der Waals surface area contributed by atoms with Crippen molar-refractivity contribution in [2.75, 3.05) is 6.61 Å². The SMILES string of the molecule is CCC(=O)OCCn1cccnc1=N. The van der Waals surface area contributed by atoms with Crippen molar-refractivity contribution in [3.05, 3.63) is 24.1 Å². The zero-order valence-electron chi connectivity index (χ0n) is 8.06. The second kappa shape index (κ2) is 5.16. The molecule has 1 aromatic heterocycles. The summed E-state index contributed by atoms with van der Waals surface area (Å²) in [6.45, 7) is 2.50. The third-order valence-corrected chi connectivity index (χ3v) is 1.70. The van der Waals surface area contributed by atoms with Crippen LogP contribution in [0.15, 0.2) is 18.5 Å². The van der Waals surface area contributed by atoms with Crippen LogP contribution < -0.4 is 5.62 Å². The van der Waals surface area contributed by atoms with Crippen molar-refractivity contribution >= 4 is 5.97 Å². The van der Waals surface area contributed by atoms with E-state index in [4.69, 9.17) is 10.1 Å². The molecule has 5 nitrogen and oxygen atoms in total. The van der Waals surface area contributed by atoms with Crippen molar-refractivity contribution in [2.45, 2.75) is 19.9 Å². The van der Waals surface area contributed by atoms with Gasteiger partial charge in [-0.2, -0.15) is 0 Å². The molecule has 0 aliphatic carbocycles. The van der Waals surface area contributed by atoms with Crippen LogP contribution in [0.1, 0.15) is 13.3 Å². The van der Waals surface area contributed by atoms with Gasteiger partial charge in [0.15, 0.2) is 0 Å². The van der Waals surface area contributed by atoms with Crippen LogP contribution in [-0.4, -0.2) is 22.1 Å². The van der Waals surface area contributed by atoms with Crippen molar-refractivity contribution < 1.29 is 9.53 Å². The van der Waals surface area contributed by atoms with Crippen LogP contribution in [0.3, 0.4) is 0 Å². The summed E-state index contributed by atoms with van der Waals surface area (Å²) in [4.78, 5) is 14.6. The molecule has 0 saturated heterocycles. The van der Waals surface area contributed by atoms with E-state index in [0.29, 0.717) is 13.0 Å². The number of carbonyl (C=O) groups is 1. The highest BCUT2D eigenvalue weighted by Gasteiger charge is 1.98. The van der Waals surface area contributed by atoms with Gasteiger partial charge in [0, 0.05) is 18.8 Å². The molecular formula is C9H13N3O2. The molecule has 1 rings (SSSR count). The van der Waals surface area contributed by atoms with Crippen molar-refractivity contribution in [3.63, 3.8) is 0 Å². The van der Waals surface area contributed by atoms with Gasteiger partial charge in [-0.3, -0.25) is 10.2 Å². The molecule has 1 N–H and O–H groups in total. The fourth-order valence-electron chi connectivity index (χ4n) is 0.941. The van der Waals surface area contributed by atoms with Crippen LogP contribution in [0.25, 0.3) is 0 Å². The zero-order valence-corrected chi connectivity index (χ0v) is 8.06. The molecule has 0 unspecified atom stereocenters. The van der Waals surface area contributed by atoms with E-state index in [2.05, 4.69) is 4.98 Å². The van der Waals surface area contributed by atoms with Gasteiger partial charge in [0.1, 0.15) is 6.61 Å². The quantitative estimate of drug-likeness (QED) is 0.703. The maximum absolute atomic E-state index is 10.8. The second-order valence-electron chi connectivity index (χ2n) is 2.71. The Labute approximate surface area is 81.9 Å². The molecule has 0 saturated carbocycles. The maximum Gasteiger partial charge on any atom is 0.305 e. The summed E-state index contributed by atoms with van der Waals surface area (Å²) in [5, 5.41) is 7.41. The van der Waals surface area contributed by atoms with E-state index in [-0.39, 0.29) is 18.2 Å². The summed E-state index contributed by atoms with van der Waals surface area (Å²) in [5.74, 6) is -0.221. The van der Waals surface area contributed by atoms with Crippen molar-refractivity contribution in [1.82, 2.24) is 9.55 Å². The summed E-state index contributed by atoms with van der Waals surface area (Å²) in [6, 6.07) is 1.74. The number of carbonyl (C=O) groups excluding carboxylic acids is 1. The number of nitrogens with zero attached hydrogens (tertiary/aromatic N) is 2. The largest absolute Gasteiger partial charge is 0.464 e. The van der Waals surface area contributed by atoms with E-state index in [1.165, 1.54) is 0 Å². The molecule has 0 aliphatic rings. The number of rotatable bonds is 4. The Hall–Kier alpha value is -1.65. The lowest BCUT2D eigenvalue weighted by molar-refractivity contribution is -0.143. The first-order chi connectivity index (χ1) is 6.74. The average molecular weight is 195 g/mol. The molecule has 1 aromatic rings. The van der Waals surface area contributed by atoms with Gasteiger partial charge in [-0.15, -0.1) is 0 Å². The van der Waals surface area contributed by atoms with Crippen LogP contribution in [0, 0.1) is 5.41 Å². The molecule has 5 heteroatoms. The molecule has 0 amide bonds. The van der Waals surface area contributed by atoms with Crippen molar-refractivity contribution in [1.29, 1.82) is 5.41 Å². The lowest BCUT2D eigenvalue weighted by Gasteiger charge is -2.05. The summed E-state index contributed by atoms with van der Waals surface area (Å²) in [5.41, 5.74) is 0.167. The van der Waals surface area contributed by atoms with Gasteiger partial charge in [-0.05, 0) is 6.07 Å². The first-order valence-corrected chi connectivity index (χ1v) is 4.45. The molecule has 0 bridgehead atoms. The Kier molecular flexibility index (Phi) is 3.84. The van der Waals surface area contributed by atoms with Crippen LogP contribution in [-0.2, 0) is 16.1 Å². The highest BCUT2D eigenvalue weighted by molar-refractivity contribution is 5.68. The van der Waals surface area contributed by atoms with Crippen LogP contribution >= 0.6 is 0 Å². The fourth-order valence-corrected chi connectivity index (χ4v) is 0.941. The lowest BCUT2D eigenvalue weighted by Crippen LogP contribution is -2.24. The molecule has 0 radical (unpaired) electrons. The smallest absolute Gasteiger partial charge is 0.305 e. The van der Waals surface area contributed by atoms with E-state index in [9.17, 15) is 4.79 Å². The van der Waals surface area contributed by atoms with Gasteiger partial charge >= 0.3 is 5.97 Å². The van der Waals surface area contributed by atoms with Gasteiger partial charge in [0.25, 0.3) is 0 Å². The third kappa shape index (κ3) is 3.01. The van der Waals surface area contributed by atoms with Crippen LogP contribution in [0.4, 0.5) is 0 Å². The first kappa shape index (κ1) is 10.4. The number of nitrogens with one attached hydrogen (secondary N) is 1. The van der Waals surface area contributed by atoms with Gasteiger partial charge in [-0.25, -0.2) is 4.98 Å². The van der Waals surface area contributed by atoms with Crippen molar-refractivity contribution in [2.24, 2.45) is 0 Å². The highest BCUT2D eigenvalue weighted by atomic mass is 16.5. The summed E-state index contributed by atoms with van der Waals surface area (Å²) >= 11 is 0. The molecule has 0 aliphatic heterocycles. The van der Waals surface area contributed by atoms with E-state index in [1.807, 2.05) is 0 Å². The number of hydrogen-bond donors (Lipinski definition) is 1. The number of esters is 1. The average Bonchev–Trinajstić information content (AvgIpc) is 2.20. The lowest BCUT2D eigenvalue weighted by atomic mass is 10.5. The minimum absolute atomic E-state index is 0.167. The highest BCUT2D eigenvalue weighted by Crippen LogP contribution is 1.86. The molecule has 14 heavy (non-hydrogen) atoms. The Morgan fingerprint density at radius 2 is 2.50 bits per heavy atom. The van der Waals surface area contributed by atoms with Gasteiger partial charge < -0.3 is 9.30 Å². The molecule has 0 spiro atoms. The van der Waals surface area contributed by atoms with E-state index in [0.717, 1.165) is 0 Å².